The lowest BCUT2D eigenvalue weighted by molar-refractivity contribution is 0.236. The van der Waals surface area contributed by atoms with E-state index in [0.29, 0.717) is 19.2 Å². The monoisotopic (exact) mass is 220 g/mol. The zero-order valence-electron chi connectivity index (χ0n) is 9.11. The quantitative estimate of drug-likeness (QED) is 0.739. The predicted molar refractivity (Wildman–Crippen MR) is 61.5 cm³/mol. The van der Waals surface area contributed by atoms with E-state index in [2.05, 4.69) is 10.6 Å². The first kappa shape index (κ1) is 10.8. The van der Waals surface area contributed by atoms with Crippen LogP contribution in [-0.2, 0) is 0 Å². The minimum Gasteiger partial charge on any atom is -0.492 e. The summed E-state index contributed by atoms with van der Waals surface area (Å²) in [6.07, 6.45) is 2.21. The maximum Gasteiger partial charge on any atom is 0.315 e. The molecule has 1 fully saturated rings. The zero-order chi connectivity index (χ0) is 11.2. The number of ether oxygens (including phenoxy) is 1. The van der Waals surface area contributed by atoms with Gasteiger partial charge in [0.15, 0.2) is 0 Å². The van der Waals surface area contributed by atoms with E-state index in [1.54, 1.807) is 0 Å². The van der Waals surface area contributed by atoms with Crippen molar-refractivity contribution in [3.05, 3.63) is 30.3 Å². The minimum atomic E-state index is -0.0980. The standard InChI is InChI=1S/C12H16N2O2/c15-12(14-10-6-7-10)13-8-9-16-11-4-2-1-3-5-11/h1-5,10H,6-9H2,(H2,13,14,15). The molecule has 1 aliphatic carbocycles. The molecule has 4 heteroatoms. The van der Waals surface area contributed by atoms with Gasteiger partial charge in [-0.25, -0.2) is 4.79 Å². The van der Waals surface area contributed by atoms with Gasteiger partial charge in [-0.3, -0.25) is 0 Å². The molecule has 2 rings (SSSR count). The van der Waals surface area contributed by atoms with Gasteiger partial charge in [-0.15, -0.1) is 0 Å². The van der Waals surface area contributed by atoms with Crippen molar-refractivity contribution < 1.29 is 9.53 Å². The Morgan fingerprint density at radius 2 is 2.06 bits per heavy atom. The van der Waals surface area contributed by atoms with Crippen molar-refractivity contribution in [3.63, 3.8) is 0 Å². The molecule has 0 aromatic heterocycles. The van der Waals surface area contributed by atoms with Gasteiger partial charge in [-0.05, 0) is 25.0 Å². The third-order valence-corrected chi connectivity index (χ3v) is 2.31. The Morgan fingerprint density at radius 3 is 2.75 bits per heavy atom. The van der Waals surface area contributed by atoms with Gasteiger partial charge in [0.1, 0.15) is 12.4 Å². The van der Waals surface area contributed by atoms with E-state index in [1.807, 2.05) is 30.3 Å². The van der Waals surface area contributed by atoms with E-state index in [-0.39, 0.29) is 6.03 Å². The van der Waals surface area contributed by atoms with E-state index < -0.39 is 0 Å². The van der Waals surface area contributed by atoms with Crippen molar-refractivity contribution in [2.24, 2.45) is 0 Å². The Balaban J connectivity index is 1.56. The topological polar surface area (TPSA) is 50.4 Å². The van der Waals surface area contributed by atoms with Gasteiger partial charge < -0.3 is 15.4 Å². The summed E-state index contributed by atoms with van der Waals surface area (Å²) in [6.45, 7) is 1.01. The van der Waals surface area contributed by atoms with Gasteiger partial charge in [0, 0.05) is 6.04 Å². The number of para-hydroxylation sites is 1. The fraction of sp³-hybridized carbons (Fsp3) is 0.417. The molecule has 86 valence electrons. The van der Waals surface area contributed by atoms with Gasteiger partial charge in [-0.1, -0.05) is 18.2 Å². The normalized spacial score (nSPS) is 14.2. The van der Waals surface area contributed by atoms with Crippen LogP contribution in [0.5, 0.6) is 5.75 Å². The second kappa shape index (κ2) is 5.39. The Kier molecular flexibility index (Phi) is 3.64. The van der Waals surface area contributed by atoms with Crippen molar-refractivity contribution in [3.8, 4) is 5.75 Å². The fourth-order valence-corrected chi connectivity index (χ4v) is 1.31. The third kappa shape index (κ3) is 3.81. The van der Waals surface area contributed by atoms with Crippen LogP contribution < -0.4 is 15.4 Å². The highest BCUT2D eigenvalue weighted by atomic mass is 16.5. The summed E-state index contributed by atoms with van der Waals surface area (Å²) in [5.41, 5.74) is 0. The van der Waals surface area contributed by atoms with Gasteiger partial charge in [-0.2, -0.15) is 0 Å². The van der Waals surface area contributed by atoms with Crippen LogP contribution in [0.1, 0.15) is 12.8 Å². The molecule has 1 saturated carbocycles. The maximum atomic E-state index is 11.2. The first-order chi connectivity index (χ1) is 7.84. The summed E-state index contributed by atoms with van der Waals surface area (Å²) in [4.78, 5) is 11.2. The average molecular weight is 220 g/mol. The fourth-order valence-electron chi connectivity index (χ4n) is 1.31. The summed E-state index contributed by atoms with van der Waals surface area (Å²) in [5, 5.41) is 5.60. The van der Waals surface area contributed by atoms with Crippen LogP contribution in [0.4, 0.5) is 4.79 Å². The first-order valence-electron chi connectivity index (χ1n) is 5.57. The van der Waals surface area contributed by atoms with E-state index in [0.717, 1.165) is 18.6 Å². The number of hydrogen-bond acceptors (Lipinski definition) is 2. The van der Waals surface area contributed by atoms with Crippen LogP contribution >= 0.6 is 0 Å². The van der Waals surface area contributed by atoms with Crippen LogP contribution in [0.25, 0.3) is 0 Å². The van der Waals surface area contributed by atoms with Crippen LogP contribution in [0.15, 0.2) is 30.3 Å². The summed E-state index contributed by atoms with van der Waals surface area (Å²) < 4.78 is 5.43. The Bertz CT molecular complexity index is 336. The number of urea groups is 1. The smallest absolute Gasteiger partial charge is 0.315 e. The van der Waals surface area contributed by atoms with E-state index in [1.165, 1.54) is 0 Å². The summed E-state index contributed by atoms with van der Waals surface area (Å²) in [7, 11) is 0. The lowest BCUT2D eigenvalue weighted by Gasteiger charge is -2.08. The molecule has 0 spiro atoms. The van der Waals surface area contributed by atoms with E-state index in [4.69, 9.17) is 4.74 Å². The maximum absolute atomic E-state index is 11.2. The summed E-state index contributed by atoms with van der Waals surface area (Å²) in [6, 6.07) is 9.86. The molecule has 16 heavy (non-hydrogen) atoms. The predicted octanol–water partition coefficient (Wildman–Crippen LogP) is 1.53. The molecule has 0 aliphatic heterocycles. The summed E-state index contributed by atoms with van der Waals surface area (Å²) in [5.74, 6) is 0.826. The molecule has 4 nitrogen and oxygen atoms in total. The molecule has 1 aliphatic rings. The van der Waals surface area contributed by atoms with Gasteiger partial charge >= 0.3 is 6.03 Å². The molecule has 0 atom stereocenters. The van der Waals surface area contributed by atoms with Crippen LogP contribution in [-0.4, -0.2) is 25.2 Å². The lowest BCUT2D eigenvalue weighted by Crippen LogP contribution is -2.38. The largest absolute Gasteiger partial charge is 0.492 e. The molecule has 2 amide bonds. The molecule has 1 aromatic rings. The van der Waals surface area contributed by atoms with Gasteiger partial charge in [0.2, 0.25) is 0 Å². The zero-order valence-corrected chi connectivity index (χ0v) is 9.11. The molecule has 0 unspecified atom stereocenters. The lowest BCUT2D eigenvalue weighted by atomic mass is 10.3. The number of benzene rings is 1. The van der Waals surface area contributed by atoms with E-state index >= 15 is 0 Å². The van der Waals surface area contributed by atoms with Crippen LogP contribution in [0.3, 0.4) is 0 Å². The van der Waals surface area contributed by atoms with Crippen molar-refractivity contribution in [2.45, 2.75) is 18.9 Å². The number of rotatable bonds is 5. The number of carbonyl (C=O) groups is 1. The second-order valence-electron chi connectivity index (χ2n) is 3.84. The van der Waals surface area contributed by atoms with Crippen molar-refractivity contribution in [2.75, 3.05) is 13.2 Å². The molecule has 0 radical (unpaired) electrons. The van der Waals surface area contributed by atoms with Crippen molar-refractivity contribution in [1.29, 1.82) is 0 Å². The molecular formula is C12H16N2O2. The molecule has 2 N–H and O–H groups in total. The van der Waals surface area contributed by atoms with Gasteiger partial charge in [0.25, 0.3) is 0 Å². The number of carbonyl (C=O) groups excluding carboxylic acids is 1. The molecular weight excluding hydrogens is 204 g/mol. The third-order valence-electron chi connectivity index (χ3n) is 2.31. The minimum absolute atomic E-state index is 0.0980. The Hall–Kier alpha value is -1.71. The number of amides is 2. The summed E-state index contributed by atoms with van der Waals surface area (Å²) >= 11 is 0. The number of nitrogens with one attached hydrogen (secondary N) is 2. The SMILES string of the molecule is O=C(NCCOc1ccccc1)NC1CC1. The molecule has 0 heterocycles. The highest BCUT2D eigenvalue weighted by molar-refractivity contribution is 5.74. The molecule has 0 saturated heterocycles. The highest BCUT2D eigenvalue weighted by Gasteiger charge is 2.22. The average Bonchev–Trinajstić information content (AvgIpc) is 3.10. The first-order valence-corrected chi connectivity index (χ1v) is 5.57. The van der Waals surface area contributed by atoms with Gasteiger partial charge in [0.05, 0.1) is 6.54 Å². The number of hydrogen-bond donors (Lipinski definition) is 2. The molecule has 0 bridgehead atoms. The molecule has 1 aromatic carbocycles. The van der Waals surface area contributed by atoms with Crippen molar-refractivity contribution >= 4 is 6.03 Å². The van der Waals surface area contributed by atoms with Crippen molar-refractivity contribution in [1.82, 2.24) is 10.6 Å². The van der Waals surface area contributed by atoms with Crippen LogP contribution in [0, 0.1) is 0 Å². The van der Waals surface area contributed by atoms with E-state index in [9.17, 15) is 4.79 Å². The highest BCUT2D eigenvalue weighted by Crippen LogP contribution is 2.18. The van der Waals surface area contributed by atoms with Crippen LogP contribution in [0.2, 0.25) is 0 Å². The second-order valence-corrected chi connectivity index (χ2v) is 3.84. The Morgan fingerprint density at radius 1 is 1.31 bits per heavy atom. The Labute approximate surface area is 95.0 Å².